The second-order valence-electron chi connectivity index (χ2n) is 1.85. The number of hydrogen-bond donors (Lipinski definition) is 1. The standard InChI is InChI=1S/C6H9N3.2C2H6/c1-5-3-9-6(2-7)4-8-5;2*1-2/h3-4H,2,7H2,1H3;2*1-2H3. The SMILES string of the molecule is CC.CC.Cc1cnc(CN)cn1. The highest BCUT2D eigenvalue weighted by molar-refractivity contribution is 4.99. The Hall–Kier alpha value is -0.960. The predicted octanol–water partition coefficient (Wildman–Crippen LogP) is 2.30. The normalized spacial score (nSPS) is 7.54. The molecule has 2 N–H and O–H groups in total. The summed E-state index contributed by atoms with van der Waals surface area (Å²) in [6, 6.07) is 0. The molecule has 0 fully saturated rings. The van der Waals surface area contributed by atoms with E-state index in [1.165, 1.54) is 0 Å². The van der Waals surface area contributed by atoms with Crippen LogP contribution < -0.4 is 5.73 Å². The zero-order valence-electron chi connectivity index (χ0n) is 9.33. The van der Waals surface area contributed by atoms with Gasteiger partial charge in [0.1, 0.15) is 0 Å². The van der Waals surface area contributed by atoms with Crippen LogP contribution in [0.25, 0.3) is 0 Å². The van der Waals surface area contributed by atoms with Gasteiger partial charge in [0, 0.05) is 18.9 Å². The van der Waals surface area contributed by atoms with Crippen molar-refractivity contribution in [3.05, 3.63) is 23.8 Å². The van der Waals surface area contributed by atoms with E-state index >= 15 is 0 Å². The summed E-state index contributed by atoms with van der Waals surface area (Å²) >= 11 is 0. The van der Waals surface area contributed by atoms with Crippen molar-refractivity contribution in [3.63, 3.8) is 0 Å². The van der Waals surface area contributed by atoms with Gasteiger partial charge in [0.2, 0.25) is 0 Å². The molecule has 1 rings (SSSR count). The molecule has 1 aromatic heterocycles. The Kier molecular flexibility index (Phi) is 12.4. The lowest BCUT2D eigenvalue weighted by Crippen LogP contribution is -1.99. The van der Waals surface area contributed by atoms with Gasteiger partial charge in [0.05, 0.1) is 11.4 Å². The second kappa shape index (κ2) is 11.0. The minimum Gasteiger partial charge on any atom is -0.325 e. The van der Waals surface area contributed by atoms with E-state index < -0.39 is 0 Å². The first-order valence-electron chi connectivity index (χ1n) is 4.80. The molecule has 0 aliphatic heterocycles. The van der Waals surface area contributed by atoms with Gasteiger partial charge in [-0.15, -0.1) is 0 Å². The van der Waals surface area contributed by atoms with Crippen molar-refractivity contribution in [2.24, 2.45) is 5.73 Å². The third-order valence-corrected chi connectivity index (χ3v) is 1.04. The van der Waals surface area contributed by atoms with Crippen molar-refractivity contribution in [1.82, 2.24) is 9.97 Å². The van der Waals surface area contributed by atoms with Gasteiger partial charge in [0.15, 0.2) is 0 Å². The zero-order valence-corrected chi connectivity index (χ0v) is 9.33. The van der Waals surface area contributed by atoms with Gasteiger partial charge >= 0.3 is 0 Å². The summed E-state index contributed by atoms with van der Waals surface area (Å²) in [7, 11) is 0. The lowest BCUT2D eigenvalue weighted by Gasteiger charge is -1.92. The third-order valence-electron chi connectivity index (χ3n) is 1.04. The fourth-order valence-electron chi connectivity index (χ4n) is 0.525. The second-order valence-corrected chi connectivity index (χ2v) is 1.85. The van der Waals surface area contributed by atoms with Crippen molar-refractivity contribution >= 4 is 0 Å². The third kappa shape index (κ3) is 7.40. The minimum absolute atomic E-state index is 0.466. The average molecular weight is 183 g/mol. The number of aromatic nitrogens is 2. The molecule has 0 unspecified atom stereocenters. The van der Waals surface area contributed by atoms with Crippen LogP contribution in [0.5, 0.6) is 0 Å². The van der Waals surface area contributed by atoms with E-state index in [1.807, 2.05) is 34.6 Å². The van der Waals surface area contributed by atoms with Crippen LogP contribution in [0.15, 0.2) is 12.4 Å². The van der Waals surface area contributed by atoms with Crippen LogP contribution in [0.1, 0.15) is 39.1 Å². The number of nitrogens with zero attached hydrogens (tertiary/aromatic N) is 2. The number of hydrogen-bond acceptors (Lipinski definition) is 3. The zero-order chi connectivity index (χ0) is 10.7. The molecule has 1 heterocycles. The van der Waals surface area contributed by atoms with Crippen molar-refractivity contribution in [3.8, 4) is 0 Å². The van der Waals surface area contributed by atoms with Crippen LogP contribution in [0.4, 0.5) is 0 Å². The Bertz CT molecular complexity index is 182. The molecule has 0 saturated carbocycles. The molecule has 0 spiro atoms. The van der Waals surface area contributed by atoms with Gasteiger partial charge in [-0.2, -0.15) is 0 Å². The molecule has 0 bridgehead atoms. The maximum atomic E-state index is 5.30. The fourth-order valence-corrected chi connectivity index (χ4v) is 0.525. The minimum atomic E-state index is 0.466. The van der Waals surface area contributed by atoms with E-state index in [4.69, 9.17) is 5.73 Å². The van der Waals surface area contributed by atoms with Crippen LogP contribution in [0.3, 0.4) is 0 Å². The highest BCUT2D eigenvalue weighted by Gasteiger charge is 1.87. The van der Waals surface area contributed by atoms with Gasteiger partial charge in [-0.05, 0) is 6.92 Å². The van der Waals surface area contributed by atoms with Crippen LogP contribution in [-0.4, -0.2) is 9.97 Å². The Morgan fingerprint density at radius 1 is 1.08 bits per heavy atom. The predicted molar refractivity (Wildman–Crippen MR) is 57.4 cm³/mol. The lowest BCUT2D eigenvalue weighted by molar-refractivity contribution is 0.947. The van der Waals surface area contributed by atoms with Crippen molar-refractivity contribution in [1.29, 1.82) is 0 Å². The summed E-state index contributed by atoms with van der Waals surface area (Å²) in [5, 5.41) is 0. The Morgan fingerprint density at radius 2 is 1.62 bits per heavy atom. The number of rotatable bonds is 1. The first-order chi connectivity index (χ1) is 6.33. The molecule has 0 radical (unpaired) electrons. The van der Waals surface area contributed by atoms with Crippen LogP contribution in [-0.2, 0) is 6.54 Å². The van der Waals surface area contributed by atoms with E-state index in [-0.39, 0.29) is 0 Å². The molecule has 0 amide bonds. The molecule has 0 atom stereocenters. The summed E-state index contributed by atoms with van der Waals surface area (Å²) in [5.74, 6) is 0. The molecule has 0 aliphatic carbocycles. The molecule has 13 heavy (non-hydrogen) atoms. The van der Waals surface area contributed by atoms with Gasteiger partial charge in [0.25, 0.3) is 0 Å². The molecule has 0 saturated heterocycles. The lowest BCUT2D eigenvalue weighted by atomic mass is 10.4. The van der Waals surface area contributed by atoms with Crippen molar-refractivity contribution < 1.29 is 0 Å². The van der Waals surface area contributed by atoms with E-state index in [1.54, 1.807) is 12.4 Å². The van der Waals surface area contributed by atoms with E-state index in [9.17, 15) is 0 Å². The smallest absolute Gasteiger partial charge is 0.0722 e. The van der Waals surface area contributed by atoms with E-state index in [0.29, 0.717) is 6.54 Å². The summed E-state index contributed by atoms with van der Waals surface area (Å²) < 4.78 is 0. The Labute approximate surface area is 81.4 Å². The summed E-state index contributed by atoms with van der Waals surface area (Å²) in [5.41, 5.74) is 7.05. The van der Waals surface area contributed by atoms with Crippen LogP contribution >= 0.6 is 0 Å². The molecular formula is C10H21N3. The monoisotopic (exact) mass is 183 g/mol. The van der Waals surface area contributed by atoms with Gasteiger partial charge < -0.3 is 5.73 Å². The van der Waals surface area contributed by atoms with Crippen LogP contribution in [0, 0.1) is 6.92 Å². The molecule has 3 heteroatoms. The molecule has 3 nitrogen and oxygen atoms in total. The van der Waals surface area contributed by atoms with E-state index in [0.717, 1.165) is 11.4 Å². The first-order valence-corrected chi connectivity index (χ1v) is 4.80. The number of aryl methyl sites for hydroxylation is 1. The fraction of sp³-hybridized carbons (Fsp3) is 0.600. The maximum absolute atomic E-state index is 5.30. The topological polar surface area (TPSA) is 51.8 Å². The van der Waals surface area contributed by atoms with Gasteiger partial charge in [-0.3, -0.25) is 9.97 Å². The van der Waals surface area contributed by atoms with Crippen molar-refractivity contribution in [2.75, 3.05) is 0 Å². The Morgan fingerprint density at radius 3 is 1.92 bits per heavy atom. The maximum Gasteiger partial charge on any atom is 0.0722 e. The highest BCUT2D eigenvalue weighted by atomic mass is 14.8. The van der Waals surface area contributed by atoms with Crippen molar-refractivity contribution in [2.45, 2.75) is 41.2 Å². The molecule has 0 aliphatic rings. The average Bonchev–Trinajstić information content (AvgIpc) is 2.25. The summed E-state index contributed by atoms with van der Waals surface area (Å²) in [6.45, 7) is 10.4. The van der Waals surface area contributed by atoms with Gasteiger partial charge in [-0.1, -0.05) is 27.7 Å². The van der Waals surface area contributed by atoms with E-state index in [2.05, 4.69) is 9.97 Å². The molecule has 0 aromatic carbocycles. The summed E-state index contributed by atoms with van der Waals surface area (Å²) in [6.07, 6.45) is 3.40. The molecular weight excluding hydrogens is 162 g/mol. The Balaban J connectivity index is 0. The van der Waals surface area contributed by atoms with Gasteiger partial charge in [-0.25, -0.2) is 0 Å². The molecule has 1 aromatic rings. The quantitative estimate of drug-likeness (QED) is 0.726. The molecule has 76 valence electrons. The van der Waals surface area contributed by atoms with Crippen LogP contribution in [0.2, 0.25) is 0 Å². The summed E-state index contributed by atoms with van der Waals surface area (Å²) in [4.78, 5) is 8.02. The largest absolute Gasteiger partial charge is 0.325 e. The highest BCUT2D eigenvalue weighted by Crippen LogP contribution is 1.90. The number of nitrogens with two attached hydrogens (primary N) is 1. The first kappa shape index (κ1) is 14.6.